The third-order valence-corrected chi connectivity index (χ3v) is 11.5. The van der Waals surface area contributed by atoms with E-state index in [9.17, 15) is 0 Å². The molecule has 3 aliphatic rings. The second-order valence-corrected chi connectivity index (χ2v) is 14.3. The summed E-state index contributed by atoms with van der Waals surface area (Å²) < 4.78 is 15.8. The van der Waals surface area contributed by atoms with E-state index in [1.165, 1.54) is 0 Å². The first-order chi connectivity index (χ1) is 28.2. The van der Waals surface area contributed by atoms with Crippen LogP contribution in [0.5, 0.6) is 23.0 Å². The Morgan fingerprint density at radius 2 is 1.05 bits per heavy atom. The standard InChI is InChI=1S/C49H26N6O2/c1-50-29-18-22-37-32(26-29)33-27-30(51-2)19-23-38(33)55(37)41-14-7-17-44-46(41)49(35-10-8-24-52-47(35)48-36(49)11-9-25-53-48)34-21-20-31(28-45(34)57-44)54-39-12-3-5-15-42(39)56-43-16-6-4-13-40(43)54/h3-28H. The van der Waals surface area contributed by atoms with E-state index in [2.05, 4.69) is 67.7 Å². The van der Waals surface area contributed by atoms with Crippen molar-refractivity contribution in [1.82, 2.24) is 14.5 Å². The number of benzene rings is 6. The van der Waals surface area contributed by atoms with Gasteiger partial charge < -0.3 is 18.9 Å². The summed E-state index contributed by atoms with van der Waals surface area (Å²) in [5, 5.41) is 1.80. The van der Waals surface area contributed by atoms with Crippen molar-refractivity contribution >= 4 is 50.2 Å². The highest BCUT2D eigenvalue weighted by molar-refractivity contribution is 6.11. The Morgan fingerprint density at radius 3 is 1.67 bits per heavy atom. The monoisotopic (exact) mass is 730 g/mol. The van der Waals surface area contributed by atoms with Gasteiger partial charge in [-0.1, -0.05) is 60.7 Å². The highest BCUT2D eigenvalue weighted by atomic mass is 16.5. The van der Waals surface area contributed by atoms with Crippen molar-refractivity contribution in [2.24, 2.45) is 0 Å². The van der Waals surface area contributed by atoms with Crippen LogP contribution in [-0.4, -0.2) is 14.5 Å². The maximum absolute atomic E-state index is 7.80. The lowest BCUT2D eigenvalue weighted by atomic mass is 9.65. The highest BCUT2D eigenvalue weighted by Crippen LogP contribution is 2.63. The largest absolute Gasteiger partial charge is 0.457 e. The number of fused-ring (bicyclic) bond motifs is 14. The van der Waals surface area contributed by atoms with Gasteiger partial charge in [0.05, 0.1) is 63.7 Å². The molecule has 3 aromatic heterocycles. The van der Waals surface area contributed by atoms with Gasteiger partial charge in [0, 0.05) is 29.6 Å². The molecule has 1 aliphatic carbocycles. The van der Waals surface area contributed by atoms with E-state index in [4.69, 9.17) is 32.6 Å². The SMILES string of the molecule is [C-]#[N+]c1ccc2c(c1)c1cc([N+]#[C-])ccc1n2-c1cccc2c1C1(c3ccc(N4c5ccccc5Oc5ccccc54)cc3O2)c2cccnc2-c2ncccc21. The van der Waals surface area contributed by atoms with Gasteiger partial charge in [-0.05, 0) is 101 Å². The van der Waals surface area contributed by atoms with Gasteiger partial charge in [0.2, 0.25) is 0 Å². The molecule has 8 nitrogen and oxygen atoms in total. The molecular weight excluding hydrogens is 705 g/mol. The number of nitrogens with zero attached hydrogens (tertiary/aromatic N) is 6. The van der Waals surface area contributed by atoms with Crippen LogP contribution in [0.1, 0.15) is 22.3 Å². The lowest BCUT2D eigenvalue weighted by Crippen LogP contribution is -2.34. The molecule has 5 heterocycles. The van der Waals surface area contributed by atoms with Gasteiger partial charge in [0.1, 0.15) is 11.5 Å². The zero-order chi connectivity index (χ0) is 37.8. The number of rotatable bonds is 2. The summed E-state index contributed by atoms with van der Waals surface area (Å²) in [6.45, 7) is 15.6. The Hall–Kier alpha value is -8.20. The molecule has 9 aromatic rings. The molecule has 0 atom stereocenters. The number of ether oxygens (including phenoxy) is 2. The number of aromatic nitrogens is 3. The van der Waals surface area contributed by atoms with Crippen molar-refractivity contribution in [3.8, 4) is 40.1 Å². The van der Waals surface area contributed by atoms with E-state index in [-0.39, 0.29) is 0 Å². The second-order valence-electron chi connectivity index (χ2n) is 14.3. The van der Waals surface area contributed by atoms with E-state index >= 15 is 0 Å². The van der Waals surface area contributed by atoms with Crippen LogP contribution in [0.4, 0.5) is 28.4 Å². The molecule has 0 bridgehead atoms. The molecule has 8 heteroatoms. The summed E-state index contributed by atoms with van der Waals surface area (Å²) in [6, 6.07) is 48.8. The molecule has 1 spiro atoms. The Labute approximate surface area is 326 Å². The van der Waals surface area contributed by atoms with Crippen LogP contribution in [0.25, 0.3) is 48.6 Å². The molecule has 0 amide bonds. The lowest BCUT2D eigenvalue weighted by Gasteiger charge is -2.41. The fourth-order valence-corrected chi connectivity index (χ4v) is 9.34. The molecule has 264 valence electrons. The zero-order valence-corrected chi connectivity index (χ0v) is 30.0. The van der Waals surface area contributed by atoms with Crippen LogP contribution in [0, 0.1) is 13.1 Å². The lowest BCUT2D eigenvalue weighted by molar-refractivity contribution is 0.435. The Kier molecular flexibility index (Phi) is 6.24. The molecule has 0 N–H and O–H groups in total. The molecule has 0 saturated heterocycles. The van der Waals surface area contributed by atoms with Gasteiger partial charge in [0.15, 0.2) is 22.9 Å². The Balaban J connectivity index is 1.18. The smallest absolute Gasteiger partial charge is 0.188 e. The first-order valence-electron chi connectivity index (χ1n) is 18.5. The van der Waals surface area contributed by atoms with Gasteiger partial charge in [-0.25, -0.2) is 9.69 Å². The molecule has 0 unspecified atom stereocenters. The molecule has 12 rings (SSSR count). The van der Waals surface area contributed by atoms with Gasteiger partial charge in [-0.2, -0.15) is 0 Å². The molecule has 0 saturated carbocycles. The number of pyridine rings is 2. The fourth-order valence-electron chi connectivity index (χ4n) is 9.34. The van der Waals surface area contributed by atoms with Gasteiger partial charge in [0.25, 0.3) is 0 Å². The fraction of sp³-hybridized carbons (Fsp3) is 0.0204. The number of anilines is 3. The Bertz CT molecular complexity index is 3150. The summed E-state index contributed by atoms with van der Waals surface area (Å²) in [5.41, 5.74) is 11.3. The van der Waals surface area contributed by atoms with Crippen molar-refractivity contribution in [1.29, 1.82) is 0 Å². The van der Waals surface area contributed by atoms with Crippen LogP contribution < -0.4 is 14.4 Å². The average Bonchev–Trinajstić information content (AvgIpc) is 3.74. The van der Waals surface area contributed by atoms with E-state index in [1.807, 2.05) is 109 Å². The van der Waals surface area contributed by atoms with Crippen molar-refractivity contribution in [3.05, 3.63) is 203 Å². The summed E-state index contributed by atoms with van der Waals surface area (Å²) in [6.07, 6.45) is 3.66. The van der Waals surface area contributed by atoms with E-state index in [0.29, 0.717) is 17.1 Å². The van der Waals surface area contributed by atoms with Crippen molar-refractivity contribution < 1.29 is 9.47 Å². The predicted molar refractivity (Wildman–Crippen MR) is 221 cm³/mol. The molecular formula is C49H26N6O2. The van der Waals surface area contributed by atoms with Crippen LogP contribution >= 0.6 is 0 Å². The normalized spacial score (nSPS) is 13.6. The number of para-hydroxylation sites is 4. The minimum atomic E-state index is -0.887. The van der Waals surface area contributed by atoms with Crippen LogP contribution in [-0.2, 0) is 5.41 Å². The van der Waals surface area contributed by atoms with E-state index < -0.39 is 5.41 Å². The summed E-state index contributed by atoms with van der Waals surface area (Å²) in [7, 11) is 0. The number of hydrogen-bond donors (Lipinski definition) is 0. The summed E-state index contributed by atoms with van der Waals surface area (Å²) >= 11 is 0. The third kappa shape index (κ3) is 4.08. The molecule has 57 heavy (non-hydrogen) atoms. The third-order valence-electron chi connectivity index (χ3n) is 11.5. The summed E-state index contributed by atoms with van der Waals surface area (Å²) in [4.78, 5) is 19.7. The van der Waals surface area contributed by atoms with E-state index in [0.717, 1.165) is 95.4 Å². The average molecular weight is 731 g/mol. The predicted octanol–water partition coefficient (Wildman–Crippen LogP) is 12.7. The first kappa shape index (κ1) is 31.2. The maximum Gasteiger partial charge on any atom is 0.188 e. The van der Waals surface area contributed by atoms with Crippen LogP contribution in [0.3, 0.4) is 0 Å². The van der Waals surface area contributed by atoms with Crippen LogP contribution in [0.2, 0.25) is 0 Å². The summed E-state index contributed by atoms with van der Waals surface area (Å²) in [5.74, 6) is 2.97. The first-order valence-corrected chi connectivity index (χ1v) is 18.5. The minimum Gasteiger partial charge on any atom is -0.457 e. The quantitative estimate of drug-likeness (QED) is 0.166. The minimum absolute atomic E-state index is 0.538. The second kappa shape index (κ2) is 11.4. The Morgan fingerprint density at radius 1 is 0.491 bits per heavy atom. The molecule has 2 aliphatic heterocycles. The highest BCUT2D eigenvalue weighted by Gasteiger charge is 2.54. The number of hydrogen-bond acceptors (Lipinski definition) is 5. The van der Waals surface area contributed by atoms with Crippen LogP contribution in [0.15, 0.2) is 158 Å². The van der Waals surface area contributed by atoms with Crippen molar-refractivity contribution in [2.45, 2.75) is 5.41 Å². The van der Waals surface area contributed by atoms with Gasteiger partial charge in [-0.3, -0.25) is 9.97 Å². The van der Waals surface area contributed by atoms with Gasteiger partial charge in [-0.15, -0.1) is 0 Å². The van der Waals surface area contributed by atoms with Crippen molar-refractivity contribution in [3.63, 3.8) is 0 Å². The van der Waals surface area contributed by atoms with E-state index in [1.54, 1.807) is 0 Å². The van der Waals surface area contributed by atoms with Crippen molar-refractivity contribution in [2.75, 3.05) is 4.90 Å². The topological polar surface area (TPSA) is 61.1 Å². The van der Waals surface area contributed by atoms with Gasteiger partial charge >= 0.3 is 0 Å². The molecule has 6 aromatic carbocycles. The molecule has 0 fully saturated rings. The maximum atomic E-state index is 7.80. The molecule has 0 radical (unpaired) electrons. The zero-order valence-electron chi connectivity index (χ0n) is 30.0.